The summed E-state index contributed by atoms with van der Waals surface area (Å²) in [4.78, 5) is 129. The van der Waals surface area contributed by atoms with E-state index in [1.54, 1.807) is 0 Å². The molecular formula is C6H20O30P8. The van der Waals surface area contributed by atoms with Crippen LogP contribution in [0.15, 0.2) is 0 Å². The second-order valence-corrected chi connectivity index (χ2v) is 17.8. The quantitative estimate of drug-likeness (QED) is 0.0694. The first-order valence-corrected chi connectivity index (χ1v) is 21.7. The molecule has 0 amide bonds. The van der Waals surface area contributed by atoms with Crippen LogP contribution >= 0.6 is 62.6 Å². The Morgan fingerprint density at radius 2 is 0.432 bits per heavy atom. The van der Waals surface area contributed by atoms with Gasteiger partial charge in [0, 0.05) is 0 Å². The number of hydrogen-bond acceptors (Lipinski definition) is 16. The van der Waals surface area contributed by atoms with Gasteiger partial charge in [0.25, 0.3) is 0 Å². The summed E-state index contributed by atoms with van der Waals surface area (Å²) in [5.41, 5.74) is 0. The van der Waals surface area contributed by atoms with Crippen LogP contribution in [0.3, 0.4) is 0 Å². The molecule has 0 aromatic rings. The van der Waals surface area contributed by atoms with Crippen LogP contribution in [-0.4, -0.2) is 105 Å². The van der Waals surface area contributed by atoms with E-state index in [1.165, 1.54) is 0 Å². The molecule has 8 atom stereocenters. The van der Waals surface area contributed by atoms with E-state index in [9.17, 15) is 85.5 Å². The van der Waals surface area contributed by atoms with E-state index in [1.807, 2.05) is 0 Å². The van der Waals surface area contributed by atoms with Gasteiger partial charge in [0.05, 0.1) is 0 Å². The fourth-order valence-electron chi connectivity index (χ4n) is 3.09. The van der Waals surface area contributed by atoms with Crippen molar-refractivity contribution in [2.45, 2.75) is 36.6 Å². The van der Waals surface area contributed by atoms with E-state index in [-0.39, 0.29) is 0 Å². The molecule has 1 saturated carbocycles. The Hall–Kier alpha value is 0.960. The maximum Gasteiger partial charge on any atom is 0.481 e. The van der Waals surface area contributed by atoms with Gasteiger partial charge < -0.3 is 68.5 Å². The summed E-state index contributed by atoms with van der Waals surface area (Å²) in [6.07, 6.45) is -21.0. The van der Waals surface area contributed by atoms with Gasteiger partial charge in [0.15, 0.2) is 0 Å². The van der Waals surface area contributed by atoms with Gasteiger partial charge in [-0.25, -0.2) is 36.5 Å². The Balaban J connectivity index is 4.23. The fourth-order valence-corrected chi connectivity index (χ4v) is 8.87. The van der Waals surface area contributed by atoms with Crippen LogP contribution in [0, 0.1) is 0 Å². The molecule has 4 unspecified atom stereocenters. The van der Waals surface area contributed by atoms with Crippen molar-refractivity contribution in [1.29, 1.82) is 0 Å². The summed E-state index contributed by atoms with van der Waals surface area (Å²) in [6, 6.07) is 0. The molecule has 1 aliphatic rings. The molecule has 0 saturated heterocycles. The smallest absolute Gasteiger partial charge is 0.303 e. The minimum absolute atomic E-state index is 3.36. The minimum atomic E-state index is -6.55. The number of phosphoric ester groups is 6. The van der Waals surface area contributed by atoms with Crippen molar-refractivity contribution in [1.82, 2.24) is 0 Å². The normalized spacial score (nSPS) is 29.1. The van der Waals surface area contributed by atoms with Gasteiger partial charge in [-0.2, -0.15) is 8.62 Å². The molecule has 0 spiro atoms. The molecule has 0 bridgehead atoms. The average molecular weight is 820 g/mol. The molecule has 14 N–H and O–H groups in total. The summed E-state index contributed by atoms with van der Waals surface area (Å²) in [6.45, 7) is 0. The first-order chi connectivity index (χ1) is 19.0. The van der Waals surface area contributed by atoms with E-state index in [0.29, 0.717) is 0 Å². The molecule has 1 fully saturated rings. The zero-order valence-corrected chi connectivity index (χ0v) is 27.0. The molecular weight excluding hydrogens is 800 g/mol. The predicted octanol–water partition coefficient (Wildman–Crippen LogP) is -2.90. The lowest BCUT2D eigenvalue weighted by atomic mass is 9.85. The third-order valence-electron chi connectivity index (χ3n) is 3.91. The Labute approximate surface area is 240 Å². The van der Waals surface area contributed by atoms with Crippen molar-refractivity contribution in [2.75, 3.05) is 0 Å². The topological polar surface area (TPSA) is 494 Å². The van der Waals surface area contributed by atoms with E-state index in [4.69, 9.17) is 19.6 Å². The summed E-state index contributed by atoms with van der Waals surface area (Å²) >= 11 is 0. The van der Waals surface area contributed by atoms with Crippen molar-refractivity contribution in [3.05, 3.63) is 0 Å². The number of hydrogen-bond donors (Lipinski definition) is 14. The molecule has 38 heteroatoms. The van der Waals surface area contributed by atoms with Crippen molar-refractivity contribution >= 4 is 62.6 Å². The molecule has 0 aliphatic heterocycles. The second-order valence-electron chi connectivity index (χ2n) is 7.46. The first kappa shape index (κ1) is 43.0. The van der Waals surface area contributed by atoms with Crippen molar-refractivity contribution in [2.24, 2.45) is 0 Å². The van der Waals surface area contributed by atoms with Crippen molar-refractivity contribution in [3.63, 3.8) is 0 Å². The second kappa shape index (κ2) is 14.4. The lowest BCUT2D eigenvalue weighted by molar-refractivity contribution is -0.201. The minimum Gasteiger partial charge on any atom is -0.303 e. The van der Waals surface area contributed by atoms with Crippen LogP contribution in [0.5, 0.6) is 0 Å². The third-order valence-corrected chi connectivity index (χ3v) is 10.4. The Bertz CT molecular complexity index is 1310. The van der Waals surface area contributed by atoms with Gasteiger partial charge in [-0.3, -0.25) is 27.1 Å². The number of rotatable bonds is 16. The molecule has 0 aromatic carbocycles. The van der Waals surface area contributed by atoms with Gasteiger partial charge >= 0.3 is 62.6 Å². The number of phosphoric acid groups is 8. The molecule has 0 radical (unpaired) electrons. The Kier molecular flexibility index (Phi) is 14.1. The average Bonchev–Trinajstić information content (AvgIpc) is 2.62. The fraction of sp³-hybridized carbons (Fsp3) is 1.00. The van der Waals surface area contributed by atoms with Crippen LogP contribution in [0.4, 0.5) is 0 Å². The van der Waals surface area contributed by atoms with Crippen LogP contribution in [-0.2, 0) is 72.3 Å². The summed E-state index contributed by atoms with van der Waals surface area (Å²) in [5.74, 6) is 0. The zero-order chi connectivity index (χ0) is 35.1. The first-order valence-electron chi connectivity index (χ1n) is 9.50. The van der Waals surface area contributed by atoms with Crippen LogP contribution < -0.4 is 0 Å². The molecule has 30 nitrogen and oxygen atoms in total. The predicted molar refractivity (Wildman–Crippen MR) is 123 cm³/mol. The molecule has 44 heavy (non-hydrogen) atoms. The maximum absolute atomic E-state index is 12.3. The van der Waals surface area contributed by atoms with Crippen LogP contribution in [0.1, 0.15) is 0 Å². The maximum atomic E-state index is 12.3. The van der Waals surface area contributed by atoms with Gasteiger partial charge in [-0.15, -0.1) is 0 Å². The molecule has 0 heterocycles. The summed E-state index contributed by atoms with van der Waals surface area (Å²) in [7, 11) is -50.6. The lowest BCUT2D eigenvalue weighted by Gasteiger charge is -2.48. The molecule has 0 aromatic heterocycles. The Morgan fingerprint density at radius 3 is 0.568 bits per heavy atom. The molecule has 264 valence electrons. The molecule has 1 rings (SSSR count). The molecule has 1 aliphatic carbocycles. The highest BCUT2D eigenvalue weighted by molar-refractivity contribution is 7.61. The monoisotopic (exact) mass is 820 g/mol. The van der Waals surface area contributed by atoms with Crippen molar-refractivity contribution < 1.29 is 141 Å². The van der Waals surface area contributed by atoms with E-state index in [0.717, 1.165) is 0 Å². The third kappa shape index (κ3) is 16.9. The highest BCUT2D eigenvalue weighted by atomic mass is 31.3. The van der Waals surface area contributed by atoms with Crippen LogP contribution in [0.25, 0.3) is 0 Å². The van der Waals surface area contributed by atoms with Crippen molar-refractivity contribution in [3.8, 4) is 0 Å². The highest BCUT2D eigenvalue weighted by Crippen LogP contribution is 2.64. The summed E-state index contributed by atoms with van der Waals surface area (Å²) < 4.78 is 125. The standard InChI is InChI=1S/C6H20O30P8/c7-37(8,9)29-1-2(30-38(10,11)12)5(33-43(25,26)35-41(19,20)21)4(32-40(16,17)18)6(3(1)31-39(13,14)15)34-44(27,28)36-42(22,23)24/h1-6H,(H,25,26)(H,27,28)(H2,7,8,9)(H2,10,11,12)(H2,13,14,15)(H2,16,17,18)(H2,19,20,21)(H2,22,23,24)/t1?,2-,3+,4?,5-,6+. The zero-order valence-electron chi connectivity index (χ0n) is 19.8. The largest absolute Gasteiger partial charge is 0.481 e. The highest BCUT2D eigenvalue weighted by Gasteiger charge is 2.63. The lowest BCUT2D eigenvalue weighted by Crippen LogP contribution is -2.66. The van der Waals surface area contributed by atoms with Gasteiger partial charge in [-0.1, -0.05) is 0 Å². The van der Waals surface area contributed by atoms with Gasteiger partial charge in [0.1, 0.15) is 36.6 Å². The summed E-state index contributed by atoms with van der Waals surface area (Å²) in [5, 5.41) is 0. The van der Waals surface area contributed by atoms with Gasteiger partial charge in [0.2, 0.25) is 0 Å². The van der Waals surface area contributed by atoms with Crippen LogP contribution in [0.2, 0.25) is 0 Å². The van der Waals surface area contributed by atoms with E-state index in [2.05, 4.69) is 35.8 Å². The van der Waals surface area contributed by atoms with E-state index >= 15 is 0 Å². The van der Waals surface area contributed by atoms with E-state index < -0.39 is 99.2 Å². The Morgan fingerprint density at radius 1 is 0.273 bits per heavy atom. The van der Waals surface area contributed by atoms with Gasteiger partial charge in [-0.05, 0) is 0 Å². The SMILES string of the molecule is O=P(O)(O)OC1[C@@H](OP(=O)(O)O)[C@@H](OP(=O)(O)OP(=O)(O)O)C(OP(=O)(O)O)[C@@H](OP(=O)(O)OP(=O)(O)O)[C@H]1OP(=O)(O)O.